The van der Waals surface area contributed by atoms with Gasteiger partial charge in [-0.1, -0.05) is 0 Å². The summed E-state index contributed by atoms with van der Waals surface area (Å²) in [7, 11) is -2.60. The topological polar surface area (TPSA) is 82.9 Å². The Kier molecular flexibility index (Phi) is 8.91. The molecular weight excluding hydrogens is 328 g/mol. The highest BCUT2D eigenvalue weighted by molar-refractivity contribution is 6.60. The van der Waals surface area contributed by atoms with Gasteiger partial charge < -0.3 is 18.6 Å². The van der Waals surface area contributed by atoms with Crippen molar-refractivity contribution in [3.8, 4) is 0 Å². The Bertz CT molecular complexity index is 510. The van der Waals surface area contributed by atoms with Crippen molar-refractivity contribution in [2.24, 2.45) is 0 Å². The van der Waals surface area contributed by atoms with Crippen LogP contribution in [0.4, 0.5) is 11.4 Å². The van der Waals surface area contributed by atoms with Crippen LogP contribution in [-0.2, 0) is 13.3 Å². The minimum Gasteiger partial charge on any atom is -0.385 e. The molecule has 0 aliphatic rings. The first-order chi connectivity index (χ1) is 11.5. The zero-order valence-electron chi connectivity index (χ0n) is 15.0. The predicted octanol–water partition coefficient (Wildman–Crippen LogP) is 3.75. The molecule has 0 heterocycles. The van der Waals surface area contributed by atoms with Crippen LogP contribution in [0.5, 0.6) is 0 Å². The minimum absolute atomic E-state index is 0.105. The zero-order chi connectivity index (χ0) is 18.0. The molecule has 0 aliphatic carbocycles. The molecule has 0 aromatic heterocycles. The van der Waals surface area contributed by atoms with Gasteiger partial charge in [0.15, 0.2) is 0 Å². The van der Waals surface area contributed by atoms with Gasteiger partial charge >= 0.3 is 8.80 Å². The molecule has 24 heavy (non-hydrogen) atoms. The number of nitro groups is 1. The first-order valence-electron chi connectivity index (χ1n) is 8.38. The number of benzene rings is 1. The summed E-state index contributed by atoms with van der Waals surface area (Å²) in [6.45, 7) is 10.1. The highest BCUT2D eigenvalue weighted by Crippen LogP contribution is 2.22. The van der Waals surface area contributed by atoms with Crippen molar-refractivity contribution in [2.45, 2.75) is 40.2 Å². The standard InChI is InChI=1S/C16H28N2O5Si/c1-5-21-24(22-6-2,23-7-3)12-8-11-17-16-10-9-15(18(19)20)13-14(16)4/h9-10,13,17H,5-8,11-12H2,1-4H3. The molecule has 1 aromatic rings. The second-order valence-electron chi connectivity index (χ2n) is 5.27. The number of hydrogen-bond acceptors (Lipinski definition) is 6. The SMILES string of the molecule is CCO[Si](CCCNc1ccc([N+](=O)[O-])cc1C)(OCC)OCC. The average molecular weight is 356 g/mol. The van der Waals surface area contributed by atoms with Crippen LogP contribution in [0.15, 0.2) is 18.2 Å². The smallest absolute Gasteiger partial charge is 0.385 e. The fraction of sp³-hybridized carbons (Fsp3) is 0.625. The van der Waals surface area contributed by atoms with Gasteiger partial charge in [-0.2, -0.15) is 0 Å². The second kappa shape index (κ2) is 10.4. The Balaban J connectivity index is 2.57. The average Bonchev–Trinajstić information content (AvgIpc) is 2.53. The van der Waals surface area contributed by atoms with E-state index in [0.29, 0.717) is 19.8 Å². The molecule has 1 rings (SSSR count). The van der Waals surface area contributed by atoms with Crippen molar-refractivity contribution in [3.05, 3.63) is 33.9 Å². The highest BCUT2D eigenvalue weighted by Gasteiger charge is 2.39. The lowest BCUT2D eigenvalue weighted by Gasteiger charge is -2.28. The van der Waals surface area contributed by atoms with E-state index in [1.165, 1.54) is 6.07 Å². The molecular formula is C16H28N2O5Si. The number of aryl methyl sites for hydroxylation is 1. The van der Waals surface area contributed by atoms with Crippen molar-refractivity contribution in [1.29, 1.82) is 0 Å². The number of rotatable bonds is 12. The number of nitrogens with zero attached hydrogens (tertiary/aromatic N) is 1. The summed E-state index contributed by atoms with van der Waals surface area (Å²) in [4.78, 5) is 10.4. The molecule has 0 spiro atoms. The normalized spacial score (nSPS) is 11.5. The molecule has 0 aliphatic heterocycles. The summed E-state index contributed by atoms with van der Waals surface area (Å²) in [5.41, 5.74) is 1.86. The van der Waals surface area contributed by atoms with Crippen LogP contribution in [0.1, 0.15) is 32.8 Å². The van der Waals surface area contributed by atoms with Crippen LogP contribution >= 0.6 is 0 Å². The van der Waals surface area contributed by atoms with Gasteiger partial charge in [-0.3, -0.25) is 10.1 Å². The van der Waals surface area contributed by atoms with Crippen molar-refractivity contribution < 1.29 is 18.2 Å². The Labute approximate surface area is 144 Å². The number of nitro benzene ring substituents is 1. The predicted molar refractivity (Wildman–Crippen MR) is 96.4 cm³/mol. The maximum atomic E-state index is 10.8. The number of hydrogen-bond donors (Lipinski definition) is 1. The molecule has 0 fully saturated rings. The van der Waals surface area contributed by atoms with Gasteiger partial charge in [-0.25, -0.2) is 0 Å². The largest absolute Gasteiger partial charge is 0.500 e. The summed E-state index contributed by atoms with van der Waals surface area (Å²) >= 11 is 0. The van der Waals surface area contributed by atoms with Gasteiger partial charge in [0.2, 0.25) is 0 Å². The molecule has 8 heteroatoms. The van der Waals surface area contributed by atoms with E-state index in [0.717, 1.165) is 30.3 Å². The summed E-state index contributed by atoms with van der Waals surface area (Å²) in [6, 6.07) is 5.56. The molecule has 7 nitrogen and oxygen atoms in total. The van der Waals surface area contributed by atoms with E-state index in [4.69, 9.17) is 13.3 Å². The third-order valence-corrected chi connectivity index (χ3v) is 6.64. The van der Waals surface area contributed by atoms with Gasteiger partial charge in [0.05, 0.1) is 4.92 Å². The van der Waals surface area contributed by atoms with E-state index < -0.39 is 8.80 Å². The molecule has 0 saturated carbocycles. The molecule has 0 atom stereocenters. The first kappa shape index (κ1) is 20.6. The van der Waals surface area contributed by atoms with Crippen LogP contribution in [0.2, 0.25) is 6.04 Å². The lowest BCUT2D eigenvalue weighted by Crippen LogP contribution is -2.46. The second-order valence-corrected chi connectivity index (χ2v) is 8.00. The summed E-state index contributed by atoms with van der Waals surface area (Å²) in [5, 5.41) is 14.1. The van der Waals surface area contributed by atoms with Crippen LogP contribution in [0, 0.1) is 17.0 Å². The molecule has 0 saturated heterocycles. The molecule has 0 radical (unpaired) electrons. The fourth-order valence-corrected chi connectivity index (χ4v) is 5.10. The van der Waals surface area contributed by atoms with E-state index in [2.05, 4.69) is 5.32 Å². The van der Waals surface area contributed by atoms with Gasteiger partial charge in [-0.05, 0) is 45.7 Å². The van der Waals surface area contributed by atoms with E-state index in [9.17, 15) is 10.1 Å². The van der Waals surface area contributed by atoms with E-state index in [1.54, 1.807) is 12.1 Å². The Morgan fingerprint density at radius 1 is 1.12 bits per heavy atom. The third kappa shape index (κ3) is 6.20. The third-order valence-electron chi connectivity index (χ3n) is 3.49. The lowest BCUT2D eigenvalue weighted by atomic mass is 10.2. The van der Waals surface area contributed by atoms with Crippen LogP contribution in [-0.4, -0.2) is 40.1 Å². The highest BCUT2D eigenvalue weighted by atomic mass is 28.4. The van der Waals surface area contributed by atoms with E-state index >= 15 is 0 Å². The van der Waals surface area contributed by atoms with E-state index in [1.807, 2.05) is 27.7 Å². The van der Waals surface area contributed by atoms with E-state index in [-0.39, 0.29) is 10.6 Å². The van der Waals surface area contributed by atoms with Crippen molar-refractivity contribution in [1.82, 2.24) is 0 Å². The monoisotopic (exact) mass is 356 g/mol. The van der Waals surface area contributed by atoms with Crippen molar-refractivity contribution in [3.63, 3.8) is 0 Å². The zero-order valence-corrected chi connectivity index (χ0v) is 16.0. The fourth-order valence-electron chi connectivity index (χ4n) is 2.49. The van der Waals surface area contributed by atoms with Crippen molar-refractivity contribution >= 4 is 20.2 Å². The summed E-state index contributed by atoms with van der Waals surface area (Å²) in [5.74, 6) is 0. The number of non-ortho nitro benzene ring substituents is 1. The lowest BCUT2D eigenvalue weighted by molar-refractivity contribution is -0.384. The first-order valence-corrected chi connectivity index (χ1v) is 10.3. The number of nitrogens with one attached hydrogen (secondary N) is 1. The van der Waals surface area contributed by atoms with Gasteiger partial charge in [-0.15, -0.1) is 0 Å². The van der Waals surface area contributed by atoms with Crippen molar-refractivity contribution in [2.75, 3.05) is 31.7 Å². The van der Waals surface area contributed by atoms with Gasteiger partial charge in [0.1, 0.15) is 0 Å². The van der Waals surface area contributed by atoms with Gasteiger partial charge in [0, 0.05) is 50.2 Å². The molecule has 136 valence electrons. The quantitative estimate of drug-likeness (QED) is 0.266. The Morgan fingerprint density at radius 2 is 1.71 bits per heavy atom. The maximum Gasteiger partial charge on any atom is 0.500 e. The molecule has 0 amide bonds. The van der Waals surface area contributed by atoms with Gasteiger partial charge in [0.25, 0.3) is 5.69 Å². The molecule has 1 N–H and O–H groups in total. The van der Waals surface area contributed by atoms with Crippen LogP contribution in [0.3, 0.4) is 0 Å². The Morgan fingerprint density at radius 3 is 2.17 bits per heavy atom. The summed E-state index contributed by atoms with van der Waals surface area (Å²) in [6.07, 6.45) is 0.836. The molecule has 1 aromatic carbocycles. The molecule has 0 bridgehead atoms. The van der Waals surface area contributed by atoms with Crippen LogP contribution in [0.25, 0.3) is 0 Å². The minimum atomic E-state index is -2.60. The molecule has 0 unspecified atom stereocenters. The van der Waals surface area contributed by atoms with Crippen LogP contribution < -0.4 is 5.32 Å². The maximum absolute atomic E-state index is 10.8. The Hall–Kier alpha value is -1.48. The number of anilines is 1. The summed E-state index contributed by atoms with van der Waals surface area (Å²) < 4.78 is 17.5.